The van der Waals surface area contributed by atoms with Crippen molar-refractivity contribution in [2.45, 2.75) is 31.8 Å². The van der Waals surface area contributed by atoms with E-state index in [-0.39, 0.29) is 11.8 Å². The Morgan fingerprint density at radius 3 is 2.55 bits per heavy atom. The Kier molecular flexibility index (Phi) is 5.06. The molecule has 1 N–H and O–H groups in total. The number of rotatable bonds is 5. The van der Waals surface area contributed by atoms with Gasteiger partial charge in [0.05, 0.1) is 0 Å². The number of carbonyl (C=O) groups excluding carboxylic acids is 2. The Bertz CT molecular complexity index is 478. The summed E-state index contributed by atoms with van der Waals surface area (Å²) in [5, 5.41) is 2.77. The smallest absolute Gasteiger partial charge is 0.246 e. The van der Waals surface area contributed by atoms with Crippen LogP contribution in [-0.2, 0) is 16.0 Å². The number of nitrogens with zero attached hydrogens (tertiary/aromatic N) is 1. The lowest BCUT2D eigenvalue weighted by Crippen LogP contribution is -2.64. The van der Waals surface area contributed by atoms with E-state index in [0.717, 1.165) is 12.0 Å². The van der Waals surface area contributed by atoms with Crippen molar-refractivity contribution < 1.29 is 9.59 Å². The zero-order valence-corrected chi connectivity index (χ0v) is 12.5. The molecule has 0 saturated carbocycles. The summed E-state index contributed by atoms with van der Waals surface area (Å²) in [6.45, 7) is 2.61. The Morgan fingerprint density at radius 2 is 1.95 bits per heavy atom. The fourth-order valence-electron chi connectivity index (χ4n) is 2.50. The van der Waals surface area contributed by atoms with Crippen LogP contribution in [0.15, 0.2) is 30.3 Å². The van der Waals surface area contributed by atoms with Crippen LogP contribution in [0.5, 0.6) is 0 Å². The average molecular weight is 292 g/mol. The minimum absolute atomic E-state index is 0.0256. The molecule has 1 aromatic carbocycles. The van der Waals surface area contributed by atoms with Gasteiger partial charge in [0.2, 0.25) is 11.8 Å². The summed E-state index contributed by atoms with van der Waals surface area (Å²) >= 11 is 4.14. The fourth-order valence-corrected chi connectivity index (χ4v) is 2.74. The van der Waals surface area contributed by atoms with Gasteiger partial charge in [0, 0.05) is 18.7 Å². The van der Waals surface area contributed by atoms with Crippen LogP contribution in [0.1, 0.15) is 18.9 Å². The molecule has 1 aromatic rings. The monoisotopic (exact) mass is 292 g/mol. The Morgan fingerprint density at radius 1 is 1.25 bits per heavy atom. The summed E-state index contributed by atoms with van der Waals surface area (Å²) in [5.41, 5.74) is 1.06. The van der Waals surface area contributed by atoms with Gasteiger partial charge in [-0.05, 0) is 12.0 Å². The number of amides is 2. The van der Waals surface area contributed by atoms with Crippen molar-refractivity contribution in [2.75, 3.05) is 12.3 Å². The minimum Gasteiger partial charge on any atom is -0.342 e. The molecule has 108 valence electrons. The summed E-state index contributed by atoms with van der Waals surface area (Å²) in [6, 6.07) is 8.87. The van der Waals surface area contributed by atoms with Crippen LogP contribution in [-0.4, -0.2) is 41.1 Å². The van der Waals surface area contributed by atoms with Crippen molar-refractivity contribution in [1.29, 1.82) is 0 Å². The zero-order valence-electron chi connectivity index (χ0n) is 11.6. The van der Waals surface area contributed by atoms with Crippen LogP contribution in [0, 0.1) is 0 Å². The lowest BCUT2D eigenvalue weighted by molar-refractivity contribution is -0.148. The van der Waals surface area contributed by atoms with Crippen LogP contribution >= 0.6 is 12.6 Å². The quantitative estimate of drug-likeness (QED) is 0.803. The van der Waals surface area contributed by atoms with Crippen molar-refractivity contribution in [1.82, 2.24) is 10.2 Å². The topological polar surface area (TPSA) is 49.4 Å². The zero-order chi connectivity index (χ0) is 14.5. The molecule has 1 aliphatic heterocycles. The van der Waals surface area contributed by atoms with Crippen LogP contribution in [0.4, 0.5) is 0 Å². The van der Waals surface area contributed by atoms with E-state index in [2.05, 4.69) is 17.9 Å². The molecule has 1 aliphatic rings. The second-order valence-corrected chi connectivity index (χ2v) is 5.35. The summed E-state index contributed by atoms with van der Waals surface area (Å²) in [5.74, 6) is 0.228. The number of thiol groups is 1. The molecule has 4 nitrogen and oxygen atoms in total. The van der Waals surface area contributed by atoms with Gasteiger partial charge >= 0.3 is 0 Å². The molecule has 5 heteroatoms. The highest BCUT2D eigenvalue weighted by Gasteiger charge is 2.39. The fraction of sp³-hybridized carbons (Fsp3) is 0.467. The largest absolute Gasteiger partial charge is 0.342 e. The van der Waals surface area contributed by atoms with Gasteiger partial charge in [-0.3, -0.25) is 9.59 Å². The highest BCUT2D eigenvalue weighted by Crippen LogP contribution is 2.16. The third-order valence-electron chi connectivity index (χ3n) is 3.50. The van der Waals surface area contributed by atoms with Gasteiger partial charge in [0.25, 0.3) is 0 Å². The standard InChI is InChI=1S/C15H20N2O2S/c1-2-8-17-13(9-11-6-4-3-5-7-11)14(18)16-12(10-20)15(17)19/h3-7,12-13,20H,2,8-10H2,1H3,(H,16,18)/t12-,13-/m0/s1. The molecule has 1 heterocycles. The van der Waals surface area contributed by atoms with E-state index in [4.69, 9.17) is 0 Å². The van der Waals surface area contributed by atoms with E-state index in [1.807, 2.05) is 37.3 Å². The lowest BCUT2D eigenvalue weighted by atomic mass is 10.00. The SMILES string of the molecule is CCCN1C(=O)[C@H](CS)NC(=O)[C@@H]1Cc1ccccc1. The number of nitrogens with one attached hydrogen (secondary N) is 1. The second-order valence-electron chi connectivity index (χ2n) is 4.98. The van der Waals surface area contributed by atoms with E-state index in [1.165, 1.54) is 0 Å². The van der Waals surface area contributed by atoms with Gasteiger partial charge in [0.15, 0.2) is 0 Å². The second kappa shape index (κ2) is 6.79. The minimum atomic E-state index is -0.496. The number of hydrogen-bond acceptors (Lipinski definition) is 3. The normalized spacial score (nSPS) is 22.8. The van der Waals surface area contributed by atoms with E-state index in [9.17, 15) is 9.59 Å². The van der Waals surface area contributed by atoms with E-state index >= 15 is 0 Å². The Labute approximate surface area is 124 Å². The number of hydrogen-bond donors (Lipinski definition) is 2. The first kappa shape index (κ1) is 14.9. The molecule has 20 heavy (non-hydrogen) atoms. The van der Waals surface area contributed by atoms with Crippen molar-refractivity contribution in [3.8, 4) is 0 Å². The third-order valence-corrected chi connectivity index (χ3v) is 3.86. The average Bonchev–Trinajstić information content (AvgIpc) is 2.47. The summed E-state index contributed by atoms with van der Waals surface area (Å²) in [7, 11) is 0. The number of carbonyl (C=O) groups is 2. The molecular weight excluding hydrogens is 272 g/mol. The summed E-state index contributed by atoms with van der Waals surface area (Å²) < 4.78 is 0. The molecule has 2 rings (SSSR count). The molecule has 2 atom stereocenters. The summed E-state index contributed by atoms with van der Waals surface area (Å²) in [6.07, 6.45) is 1.39. The molecule has 1 saturated heterocycles. The third kappa shape index (κ3) is 3.15. The van der Waals surface area contributed by atoms with Crippen LogP contribution in [0.3, 0.4) is 0 Å². The van der Waals surface area contributed by atoms with E-state index in [0.29, 0.717) is 18.7 Å². The van der Waals surface area contributed by atoms with Crippen molar-refractivity contribution in [3.63, 3.8) is 0 Å². The molecule has 0 spiro atoms. The first-order valence-corrected chi connectivity index (χ1v) is 7.56. The van der Waals surface area contributed by atoms with Gasteiger partial charge in [-0.25, -0.2) is 0 Å². The molecule has 2 amide bonds. The molecule has 0 aromatic heterocycles. The highest BCUT2D eigenvalue weighted by atomic mass is 32.1. The van der Waals surface area contributed by atoms with Crippen LogP contribution in [0.25, 0.3) is 0 Å². The Hall–Kier alpha value is -1.49. The van der Waals surface area contributed by atoms with Gasteiger partial charge < -0.3 is 10.2 Å². The molecule has 0 aliphatic carbocycles. The number of benzene rings is 1. The highest BCUT2D eigenvalue weighted by molar-refractivity contribution is 7.80. The first-order chi connectivity index (χ1) is 9.67. The molecule has 0 radical (unpaired) electrons. The molecule has 0 bridgehead atoms. The maximum absolute atomic E-state index is 12.4. The van der Waals surface area contributed by atoms with Crippen molar-refractivity contribution >= 4 is 24.4 Å². The predicted octanol–water partition coefficient (Wildman–Crippen LogP) is 1.26. The van der Waals surface area contributed by atoms with Gasteiger partial charge in [-0.1, -0.05) is 37.3 Å². The van der Waals surface area contributed by atoms with Gasteiger partial charge in [-0.15, -0.1) is 0 Å². The van der Waals surface area contributed by atoms with Gasteiger partial charge in [-0.2, -0.15) is 12.6 Å². The lowest BCUT2D eigenvalue weighted by Gasteiger charge is -2.38. The first-order valence-electron chi connectivity index (χ1n) is 6.93. The molecule has 1 fully saturated rings. The van der Waals surface area contributed by atoms with Crippen molar-refractivity contribution in [2.24, 2.45) is 0 Å². The Balaban J connectivity index is 2.19. The maximum Gasteiger partial charge on any atom is 0.246 e. The van der Waals surface area contributed by atoms with Crippen molar-refractivity contribution in [3.05, 3.63) is 35.9 Å². The maximum atomic E-state index is 12.4. The number of piperazine rings is 1. The molecule has 0 unspecified atom stereocenters. The predicted molar refractivity (Wildman–Crippen MR) is 81.7 cm³/mol. The van der Waals surface area contributed by atoms with E-state index < -0.39 is 12.1 Å². The van der Waals surface area contributed by atoms with Crippen LogP contribution < -0.4 is 5.32 Å². The van der Waals surface area contributed by atoms with E-state index in [1.54, 1.807) is 4.90 Å². The summed E-state index contributed by atoms with van der Waals surface area (Å²) in [4.78, 5) is 26.3. The van der Waals surface area contributed by atoms with Crippen LogP contribution in [0.2, 0.25) is 0 Å². The van der Waals surface area contributed by atoms with Gasteiger partial charge in [0.1, 0.15) is 12.1 Å². The molecular formula is C15H20N2O2S.